The number of aliphatic hydroxyl groups is 1. The molecule has 0 unspecified atom stereocenters. The van der Waals surface area contributed by atoms with Crippen LogP contribution in [-0.4, -0.2) is 90.0 Å². The van der Waals surface area contributed by atoms with Crippen molar-refractivity contribution in [1.82, 2.24) is 5.32 Å². The summed E-state index contributed by atoms with van der Waals surface area (Å²) in [6, 6.07) is 3.30. The number of esters is 4. The van der Waals surface area contributed by atoms with Crippen LogP contribution in [0.4, 0.5) is 10.5 Å². The number of carbonyl (C=O) groups excluding carboxylic acids is 5. The van der Waals surface area contributed by atoms with E-state index in [9.17, 15) is 39.2 Å². The Kier molecular flexibility index (Phi) is 11.8. The number of rotatable bonds is 10. The van der Waals surface area contributed by atoms with Gasteiger partial charge in [-0.15, -0.1) is 0 Å². The largest absolute Gasteiger partial charge is 0.467 e. The summed E-state index contributed by atoms with van der Waals surface area (Å²) in [6.07, 6.45) is -10.9. The minimum atomic E-state index is -1.84. The Morgan fingerprint density at radius 3 is 2.07 bits per heavy atom. The molecule has 0 radical (unpaired) electrons. The molecule has 238 valence electrons. The normalized spacial score (nSPS) is 22.3. The highest BCUT2D eigenvalue weighted by atomic mass is 16.7. The standard InChI is InChI=1S/C26H34N2O15/c1-12(29)38-19-20(39-13(2)30)22(40-14(3)31)24(42-21(19)23(33)37-7)41-18-9-8-15(10-16(18)28(35)36)17(32)11-27-25(34)43-26(4,5)6/h8-10,17,19-22,24,32H,11H2,1-7H3,(H,27,34)/t17-,19+,20+,21+,22-,24-/m1/s1. The van der Waals surface area contributed by atoms with Crippen LogP contribution < -0.4 is 10.1 Å². The smallest absolute Gasteiger partial charge is 0.407 e. The highest BCUT2D eigenvalue weighted by Crippen LogP contribution is 2.35. The van der Waals surface area contributed by atoms with Crippen LogP contribution in [0.5, 0.6) is 5.75 Å². The van der Waals surface area contributed by atoms with Crippen molar-refractivity contribution in [2.75, 3.05) is 13.7 Å². The van der Waals surface area contributed by atoms with E-state index in [0.29, 0.717) is 0 Å². The van der Waals surface area contributed by atoms with E-state index in [1.54, 1.807) is 20.8 Å². The second kappa shape index (κ2) is 14.6. The molecule has 1 aliphatic heterocycles. The molecule has 0 aromatic heterocycles. The first kappa shape index (κ1) is 34.7. The van der Waals surface area contributed by atoms with Crippen molar-refractivity contribution in [2.45, 2.75) is 84.0 Å². The summed E-state index contributed by atoms with van der Waals surface area (Å²) in [5, 5.41) is 24.8. The van der Waals surface area contributed by atoms with E-state index in [4.69, 9.17) is 33.2 Å². The first-order valence-electron chi connectivity index (χ1n) is 12.8. The second-order valence-electron chi connectivity index (χ2n) is 10.2. The van der Waals surface area contributed by atoms with Crippen molar-refractivity contribution < 1.29 is 67.2 Å². The van der Waals surface area contributed by atoms with E-state index in [-0.39, 0.29) is 12.1 Å². The van der Waals surface area contributed by atoms with Crippen LogP contribution in [0.15, 0.2) is 18.2 Å². The minimum Gasteiger partial charge on any atom is -0.467 e. The van der Waals surface area contributed by atoms with Crippen molar-refractivity contribution in [1.29, 1.82) is 0 Å². The van der Waals surface area contributed by atoms with Crippen LogP contribution in [0.1, 0.15) is 53.2 Å². The number of aliphatic hydroxyl groups excluding tert-OH is 1. The van der Waals surface area contributed by atoms with Crippen LogP contribution in [0, 0.1) is 10.1 Å². The number of carbonyl (C=O) groups is 5. The maximum atomic E-state index is 12.6. The fourth-order valence-electron chi connectivity index (χ4n) is 3.90. The molecule has 1 heterocycles. The second-order valence-corrected chi connectivity index (χ2v) is 10.2. The number of nitro benzene ring substituents is 1. The summed E-state index contributed by atoms with van der Waals surface area (Å²) < 4.78 is 36.8. The minimum absolute atomic E-state index is 0.0105. The summed E-state index contributed by atoms with van der Waals surface area (Å²) in [4.78, 5) is 71.3. The predicted molar refractivity (Wildman–Crippen MR) is 140 cm³/mol. The maximum Gasteiger partial charge on any atom is 0.407 e. The zero-order valence-electron chi connectivity index (χ0n) is 24.5. The topological polar surface area (TPSA) is 225 Å². The molecule has 1 aromatic rings. The lowest BCUT2D eigenvalue weighted by molar-refractivity contribution is -0.387. The number of hydrogen-bond acceptors (Lipinski definition) is 15. The fourth-order valence-corrected chi connectivity index (χ4v) is 3.90. The lowest BCUT2D eigenvalue weighted by atomic mass is 9.97. The number of amides is 1. The molecule has 2 rings (SSSR count). The maximum absolute atomic E-state index is 12.6. The number of alkyl carbamates (subject to hydrolysis) is 1. The molecular formula is C26H34N2O15. The van der Waals surface area contributed by atoms with E-state index >= 15 is 0 Å². The van der Waals surface area contributed by atoms with E-state index < -0.39 is 88.7 Å². The van der Waals surface area contributed by atoms with Gasteiger partial charge in [-0.1, -0.05) is 6.07 Å². The fraction of sp³-hybridized carbons (Fsp3) is 0.577. The van der Waals surface area contributed by atoms with Crippen molar-refractivity contribution in [2.24, 2.45) is 0 Å². The molecule has 2 N–H and O–H groups in total. The monoisotopic (exact) mass is 614 g/mol. The molecule has 0 saturated carbocycles. The van der Waals surface area contributed by atoms with Crippen molar-refractivity contribution in [3.63, 3.8) is 0 Å². The highest BCUT2D eigenvalue weighted by molar-refractivity contribution is 5.77. The van der Waals surface area contributed by atoms with Crippen LogP contribution in [0.3, 0.4) is 0 Å². The Morgan fingerprint density at radius 2 is 1.56 bits per heavy atom. The molecule has 17 heteroatoms. The molecule has 1 amide bonds. The number of nitrogens with one attached hydrogen (secondary N) is 1. The van der Waals surface area contributed by atoms with Crippen molar-refractivity contribution in [3.8, 4) is 5.75 Å². The van der Waals surface area contributed by atoms with E-state index in [1.165, 1.54) is 6.07 Å². The van der Waals surface area contributed by atoms with Gasteiger partial charge >= 0.3 is 35.7 Å². The van der Waals surface area contributed by atoms with Crippen molar-refractivity contribution >= 4 is 35.7 Å². The van der Waals surface area contributed by atoms with Gasteiger partial charge in [-0.3, -0.25) is 24.5 Å². The van der Waals surface area contributed by atoms with Gasteiger partial charge in [0, 0.05) is 26.8 Å². The third kappa shape index (κ3) is 10.1. The number of benzene rings is 1. The van der Waals surface area contributed by atoms with Crippen LogP contribution in [0.2, 0.25) is 0 Å². The third-order valence-corrected chi connectivity index (χ3v) is 5.48. The molecule has 0 spiro atoms. The first-order chi connectivity index (χ1) is 19.9. The lowest BCUT2D eigenvalue weighted by Gasteiger charge is -2.42. The number of hydrogen-bond donors (Lipinski definition) is 2. The van der Waals surface area contributed by atoms with Gasteiger partial charge in [-0.25, -0.2) is 9.59 Å². The van der Waals surface area contributed by atoms with E-state index in [0.717, 1.165) is 40.0 Å². The predicted octanol–water partition coefficient (Wildman–Crippen LogP) is 1.22. The number of nitrogens with zero attached hydrogens (tertiary/aromatic N) is 1. The molecule has 0 aliphatic carbocycles. The first-order valence-corrected chi connectivity index (χ1v) is 12.8. The van der Waals surface area contributed by atoms with Gasteiger partial charge in [0.2, 0.25) is 12.4 Å². The summed E-state index contributed by atoms with van der Waals surface area (Å²) in [6.45, 7) is 7.59. The highest BCUT2D eigenvalue weighted by Gasteiger charge is 2.56. The number of methoxy groups -OCH3 is 1. The Morgan fingerprint density at radius 1 is 1.00 bits per heavy atom. The van der Waals surface area contributed by atoms with Gasteiger partial charge < -0.3 is 43.6 Å². The Labute approximate surface area is 245 Å². The molecule has 1 saturated heterocycles. The number of ether oxygens (including phenoxy) is 7. The molecule has 1 aliphatic rings. The third-order valence-electron chi connectivity index (χ3n) is 5.48. The zero-order chi connectivity index (χ0) is 32.6. The Bertz CT molecular complexity index is 1230. The van der Waals surface area contributed by atoms with E-state index in [2.05, 4.69) is 5.32 Å². The molecule has 1 fully saturated rings. The SMILES string of the molecule is COC(=O)[C@H]1O[C@@H](Oc2ccc([C@H](O)CNC(=O)OC(C)(C)C)cc2[N+](=O)[O-])[C@H](OC(C)=O)[C@@H](OC(C)=O)[C@@H]1OC(C)=O. The van der Waals surface area contributed by atoms with Gasteiger partial charge in [0.1, 0.15) is 5.60 Å². The van der Waals surface area contributed by atoms with Gasteiger partial charge in [0.15, 0.2) is 24.1 Å². The summed E-state index contributed by atoms with van der Waals surface area (Å²) >= 11 is 0. The molecule has 43 heavy (non-hydrogen) atoms. The average molecular weight is 615 g/mol. The molecule has 0 bridgehead atoms. The Hall–Kier alpha value is -4.51. The molecule has 6 atom stereocenters. The Balaban J connectivity index is 2.46. The van der Waals surface area contributed by atoms with Gasteiger partial charge in [-0.2, -0.15) is 0 Å². The van der Waals surface area contributed by atoms with E-state index in [1.807, 2.05) is 0 Å². The summed E-state index contributed by atoms with van der Waals surface area (Å²) in [5.74, 6) is -4.33. The zero-order valence-corrected chi connectivity index (χ0v) is 24.5. The summed E-state index contributed by atoms with van der Waals surface area (Å²) in [5.41, 5.74) is -1.48. The van der Waals surface area contributed by atoms with Gasteiger partial charge in [0.05, 0.1) is 24.7 Å². The van der Waals surface area contributed by atoms with Crippen LogP contribution >= 0.6 is 0 Å². The quantitative estimate of drug-likeness (QED) is 0.163. The van der Waals surface area contributed by atoms with Crippen LogP contribution in [0.25, 0.3) is 0 Å². The molecule has 1 aromatic carbocycles. The average Bonchev–Trinajstić information content (AvgIpc) is 2.88. The van der Waals surface area contributed by atoms with Gasteiger partial charge in [-0.05, 0) is 32.4 Å². The number of nitro groups is 1. The molecular weight excluding hydrogens is 580 g/mol. The lowest BCUT2D eigenvalue weighted by Crippen LogP contribution is -2.64. The molecule has 17 nitrogen and oxygen atoms in total. The van der Waals surface area contributed by atoms with Crippen molar-refractivity contribution in [3.05, 3.63) is 33.9 Å². The van der Waals surface area contributed by atoms with Gasteiger partial charge in [0.25, 0.3) is 0 Å². The summed E-state index contributed by atoms with van der Waals surface area (Å²) in [7, 11) is 0.998. The van der Waals surface area contributed by atoms with Crippen LogP contribution in [-0.2, 0) is 47.6 Å².